The minimum Gasteiger partial charge on any atom is -0.362 e. The number of halogens is 1. The molecule has 2 heterocycles. The largest absolute Gasteiger partial charge is 0.362 e. The fourth-order valence-electron chi connectivity index (χ4n) is 2.03. The predicted octanol–water partition coefficient (Wildman–Crippen LogP) is 1.99. The topological polar surface area (TPSA) is 71.3 Å². The van der Waals surface area contributed by atoms with Crippen LogP contribution in [0.5, 0.6) is 0 Å². The second-order valence-corrected chi connectivity index (χ2v) is 4.81. The second kappa shape index (κ2) is 5.88. The van der Waals surface area contributed by atoms with Gasteiger partial charge in [0.05, 0.1) is 4.92 Å². The maximum Gasteiger partial charge on any atom is 0.274 e. The molecule has 1 saturated heterocycles. The number of nitrogens with zero attached hydrogens (tertiary/aromatic N) is 3. The molecule has 0 bridgehead atoms. The third-order valence-electron chi connectivity index (χ3n) is 3.02. The van der Waals surface area contributed by atoms with Crippen LogP contribution in [0.15, 0.2) is 30.4 Å². The van der Waals surface area contributed by atoms with Crippen LogP contribution in [0.4, 0.5) is 0 Å². The number of aromatic nitrogens is 1. The van der Waals surface area contributed by atoms with Crippen molar-refractivity contribution < 1.29 is 4.92 Å². The predicted molar refractivity (Wildman–Crippen MR) is 71.9 cm³/mol. The molecule has 2 rings (SSSR count). The van der Waals surface area contributed by atoms with Gasteiger partial charge in [-0.25, -0.2) is 4.98 Å². The molecule has 1 aromatic heterocycles. The number of nitro groups is 1. The van der Waals surface area contributed by atoms with Crippen LogP contribution in [0.25, 0.3) is 0 Å². The molecule has 6 nitrogen and oxygen atoms in total. The van der Waals surface area contributed by atoms with Crippen LogP contribution in [-0.2, 0) is 6.54 Å². The average molecular weight is 283 g/mol. The van der Waals surface area contributed by atoms with Crippen LogP contribution < -0.4 is 5.32 Å². The Kier molecular flexibility index (Phi) is 4.21. The van der Waals surface area contributed by atoms with Gasteiger partial charge in [-0.3, -0.25) is 10.1 Å². The number of hydrogen-bond acceptors (Lipinski definition) is 5. The lowest BCUT2D eigenvalue weighted by Crippen LogP contribution is -2.21. The summed E-state index contributed by atoms with van der Waals surface area (Å²) in [5.41, 5.74) is 0.970. The first kappa shape index (κ1) is 13.6. The third-order valence-corrected chi connectivity index (χ3v) is 3.24. The normalized spacial score (nSPS) is 20.6. The van der Waals surface area contributed by atoms with E-state index in [1.165, 1.54) is 0 Å². The van der Waals surface area contributed by atoms with Crippen LogP contribution in [0, 0.1) is 10.1 Å². The molecular formula is C12H15ClN4O2. The maximum absolute atomic E-state index is 10.6. The van der Waals surface area contributed by atoms with E-state index in [-0.39, 0.29) is 6.04 Å². The second-order valence-electron chi connectivity index (χ2n) is 4.42. The molecule has 0 aromatic carbocycles. The van der Waals surface area contributed by atoms with E-state index in [2.05, 4.69) is 17.2 Å². The molecule has 1 atom stereocenters. The van der Waals surface area contributed by atoms with Crippen molar-refractivity contribution in [2.75, 3.05) is 6.54 Å². The summed E-state index contributed by atoms with van der Waals surface area (Å²) in [5.74, 6) is 0.548. The molecule has 19 heavy (non-hydrogen) atoms. The zero-order valence-corrected chi connectivity index (χ0v) is 11.3. The molecule has 1 aliphatic heterocycles. The van der Waals surface area contributed by atoms with Gasteiger partial charge in [-0.15, -0.1) is 0 Å². The minimum atomic E-state index is -0.437. The first-order valence-corrected chi connectivity index (χ1v) is 6.43. The Balaban J connectivity index is 2.12. The van der Waals surface area contributed by atoms with Gasteiger partial charge in [-0.2, -0.15) is 0 Å². The first-order chi connectivity index (χ1) is 9.08. The lowest BCUT2D eigenvalue weighted by atomic mass is 10.2. The van der Waals surface area contributed by atoms with Gasteiger partial charge in [0.25, 0.3) is 6.20 Å². The number of rotatable bonds is 4. The average Bonchev–Trinajstić information content (AvgIpc) is 2.74. The van der Waals surface area contributed by atoms with E-state index in [0.717, 1.165) is 24.7 Å². The smallest absolute Gasteiger partial charge is 0.274 e. The van der Waals surface area contributed by atoms with Gasteiger partial charge in [0.1, 0.15) is 5.15 Å². The van der Waals surface area contributed by atoms with E-state index in [1.807, 2.05) is 11.0 Å². The van der Waals surface area contributed by atoms with Crippen LogP contribution >= 0.6 is 11.6 Å². The van der Waals surface area contributed by atoms with Crippen molar-refractivity contribution in [3.8, 4) is 0 Å². The molecule has 0 aliphatic carbocycles. The zero-order valence-electron chi connectivity index (χ0n) is 10.5. The molecule has 0 unspecified atom stereocenters. The molecular weight excluding hydrogens is 268 g/mol. The van der Waals surface area contributed by atoms with Crippen molar-refractivity contribution in [2.24, 2.45) is 0 Å². The number of nitrogens with one attached hydrogen (secondary N) is 1. The van der Waals surface area contributed by atoms with Crippen molar-refractivity contribution in [3.63, 3.8) is 0 Å². The van der Waals surface area contributed by atoms with Gasteiger partial charge in [0.15, 0.2) is 5.82 Å². The van der Waals surface area contributed by atoms with Gasteiger partial charge in [0, 0.05) is 25.3 Å². The Morgan fingerprint density at radius 2 is 2.47 bits per heavy atom. The first-order valence-electron chi connectivity index (χ1n) is 6.05. The van der Waals surface area contributed by atoms with E-state index in [1.54, 1.807) is 12.3 Å². The summed E-state index contributed by atoms with van der Waals surface area (Å²) in [5, 5.41) is 14.2. The Morgan fingerprint density at radius 1 is 1.68 bits per heavy atom. The van der Waals surface area contributed by atoms with Crippen molar-refractivity contribution in [1.82, 2.24) is 15.2 Å². The quantitative estimate of drug-likeness (QED) is 0.519. The summed E-state index contributed by atoms with van der Waals surface area (Å²) in [6.07, 6.45) is 3.62. The molecule has 0 amide bonds. The molecule has 1 aromatic rings. The Morgan fingerprint density at radius 3 is 3.05 bits per heavy atom. The fourth-order valence-corrected chi connectivity index (χ4v) is 2.14. The molecule has 0 radical (unpaired) electrons. The van der Waals surface area contributed by atoms with Gasteiger partial charge in [-0.1, -0.05) is 24.6 Å². The van der Waals surface area contributed by atoms with Gasteiger partial charge < -0.3 is 10.2 Å². The van der Waals surface area contributed by atoms with Gasteiger partial charge in [-0.05, 0) is 18.1 Å². The molecule has 1 aliphatic rings. The van der Waals surface area contributed by atoms with Crippen LogP contribution in [-0.4, -0.2) is 27.4 Å². The highest BCUT2D eigenvalue weighted by Gasteiger charge is 2.26. The van der Waals surface area contributed by atoms with E-state index in [4.69, 9.17) is 11.6 Å². The van der Waals surface area contributed by atoms with Crippen molar-refractivity contribution >= 4 is 11.6 Å². The zero-order chi connectivity index (χ0) is 13.8. The fraction of sp³-hybridized carbons (Fsp3) is 0.417. The van der Waals surface area contributed by atoms with E-state index in [9.17, 15) is 10.1 Å². The maximum atomic E-state index is 10.6. The highest BCUT2D eigenvalue weighted by atomic mass is 35.5. The van der Waals surface area contributed by atoms with Crippen LogP contribution in [0.1, 0.15) is 18.9 Å². The van der Waals surface area contributed by atoms with E-state index >= 15 is 0 Å². The summed E-state index contributed by atoms with van der Waals surface area (Å²) in [4.78, 5) is 16.1. The summed E-state index contributed by atoms with van der Waals surface area (Å²) in [7, 11) is 0. The summed E-state index contributed by atoms with van der Waals surface area (Å²) < 4.78 is 0. The minimum absolute atomic E-state index is 0.242. The Bertz CT molecular complexity index is 489. The highest BCUT2D eigenvalue weighted by Crippen LogP contribution is 2.18. The molecule has 0 saturated carbocycles. The highest BCUT2D eigenvalue weighted by molar-refractivity contribution is 6.29. The lowest BCUT2D eigenvalue weighted by Gasteiger charge is -2.16. The monoisotopic (exact) mass is 282 g/mol. The van der Waals surface area contributed by atoms with E-state index < -0.39 is 4.92 Å². The van der Waals surface area contributed by atoms with Crippen LogP contribution in [0.3, 0.4) is 0 Å². The summed E-state index contributed by atoms with van der Waals surface area (Å²) >= 11 is 5.73. The van der Waals surface area contributed by atoms with E-state index in [0.29, 0.717) is 17.5 Å². The molecule has 7 heteroatoms. The number of hydrogen-bond donors (Lipinski definition) is 1. The van der Waals surface area contributed by atoms with Gasteiger partial charge in [0.2, 0.25) is 0 Å². The van der Waals surface area contributed by atoms with Crippen molar-refractivity contribution in [1.29, 1.82) is 0 Å². The Labute approximate surface area is 116 Å². The summed E-state index contributed by atoms with van der Waals surface area (Å²) in [6.45, 7) is 3.38. The molecule has 102 valence electrons. The van der Waals surface area contributed by atoms with Crippen molar-refractivity contribution in [3.05, 3.63) is 51.2 Å². The van der Waals surface area contributed by atoms with Gasteiger partial charge >= 0.3 is 0 Å². The lowest BCUT2D eigenvalue weighted by molar-refractivity contribution is -0.404. The molecule has 1 N–H and O–H groups in total. The summed E-state index contributed by atoms with van der Waals surface area (Å²) in [6, 6.07) is 3.83. The Hall–Kier alpha value is -1.82. The van der Waals surface area contributed by atoms with Crippen LogP contribution in [0.2, 0.25) is 5.15 Å². The van der Waals surface area contributed by atoms with Crippen molar-refractivity contribution in [2.45, 2.75) is 25.9 Å². The molecule has 1 fully saturated rings. The molecule has 0 spiro atoms. The SMILES string of the molecule is CC[C@@H]1CN(Cc2ccc(Cl)nc2)/C(=C/[N+](=O)[O-])N1. The third kappa shape index (κ3) is 3.57. The standard InChI is InChI=1S/C12H15ClN4O2/c1-2-10-7-16(12(15-10)8-17(18)19)6-9-3-4-11(13)14-5-9/h3-5,8,10,15H,2,6-7H2,1H3/b12-8+/t10-/m1/s1. The number of pyridine rings is 1.